The lowest BCUT2D eigenvalue weighted by molar-refractivity contribution is -0.116. The quantitative estimate of drug-likeness (QED) is 0.909. The van der Waals surface area contributed by atoms with Crippen LogP contribution in [0.2, 0.25) is 0 Å². The van der Waals surface area contributed by atoms with E-state index in [1.165, 1.54) is 20.9 Å². The molecule has 0 bridgehead atoms. The van der Waals surface area contributed by atoms with E-state index in [2.05, 4.69) is 41.8 Å². The second kappa shape index (κ2) is 5.38. The number of hydrogen-bond acceptors (Lipinski definition) is 3. The largest absolute Gasteiger partial charge is 0.326 e. The van der Waals surface area contributed by atoms with Gasteiger partial charge in [-0.1, -0.05) is 12.1 Å². The number of rotatable bonds is 3. The number of benzene rings is 1. The summed E-state index contributed by atoms with van der Waals surface area (Å²) in [5.41, 5.74) is 3.45. The molecule has 104 valence electrons. The molecule has 4 heteroatoms. The minimum atomic E-state index is 0.115. The fourth-order valence-electron chi connectivity index (χ4n) is 2.66. The fourth-order valence-corrected chi connectivity index (χ4v) is 3.68. The van der Waals surface area contributed by atoms with Gasteiger partial charge in [0.05, 0.1) is 6.04 Å². The normalized spacial score (nSPS) is 15.6. The van der Waals surface area contributed by atoms with Crippen molar-refractivity contribution in [3.8, 4) is 0 Å². The third kappa shape index (κ3) is 2.49. The number of nitrogens with one attached hydrogen (secondary N) is 2. The van der Waals surface area contributed by atoms with Gasteiger partial charge in [0.15, 0.2) is 0 Å². The number of aryl methyl sites for hydroxylation is 2. The Labute approximate surface area is 123 Å². The molecule has 20 heavy (non-hydrogen) atoms. The summed E-state index contributed by atoms with van der Waals surface area (Å²) >= 11 is 1.82. The van der Waals surface area contributed by atoms with Crippen molar-refractivity contribution in [2.45, 2.75) is 25.8 Å². The van der Waals surface area contributed by atoms with Crippen LogP contribution in [0.5, 0.6) is 0 Å². The smallest absolute Gasteiger partial charge is 0.224 e. The lowest BCUT2D eigenvalue weighted by atomic mass is 9.96. The first-order valence-corrected chi connectivity index (χ1v) is 7.65. The van der Waals surface area contributed by atoms with Crippen LogP contribution in [0.25, 0.3) is 0 Å². The average molecular weight is 286 g/mol. The summed E-state index contributed by atoms with van der Waals surface area (Å²) in [7, 11) is 1.99. The number of carbonyl (C=O) groups is 1. The SMILES string of the molecule is CNC(c1ccc2c(c1)CCC(=O)N2)c1ccc(C)s1. The van der Waals surface area contributed by atoms with Gasteiger partial charge in [0.1, 0.15) is 0 Å². The Balaban J connectivity index is 1.95. The molecular formula is C16H18N2OS. The Kier molecular flexibility index (Phi) is 3.59. The van der Waals surface area contributed by atoms with E-state index in [4.69, 9.17) is 0 Å². The Bertz CT molecular complexity index is 648. The maximum Gasteiger partial charge on any atom is 0.224 e. The van der Waals surface area contributed by atoms with E-state index in [1.807, 2.05) is 24.5 Å². The Morgan fingerprint density at radius 2 is 2.10 bits per heavy atom. The molecule has 3 rings (SSSR count). The van der Waals surface area contributed by atoms with E-state index in [-0.39, 0.29) is 11.9 Å². The summed E-state index contributed by atoms with van der Waals surface area (Å²) in [6.07, 6.45) is 1.41. The van der Waals surface area contributed by atoms with Crippen molar-refractivity contribution in [1.82, 2.24) is 5.32 Å². The van der Waals surface area contributed by atoms with Crippen molar-refractivity contribution >= 4 is 22.9 Å². The molecule has 0 radical (unpaired) electrons. The van der Waals surface area contributed by atoms with Crippen molar-refractivity contribution in [2.24, 2.45) is 0 Å². The number of anilines is 1. The van der Waals surface area contributed by atoms with Crippen molar-refractivity contribution in [3.63, 3.8) is 0 Å². The van der Waals surface area contributed by atoms with Crippen molar-refractivity contribution < 1.29 is 4.79 Å². The highest BCUT2D eigenvalue weighted by Gasteiger charge is 2.19. The fraction of sp³-hybridized carbons (Fsp3) is 0.312. The number of carbonyl (C=O) groups excluding carboxylic acids is 1. The topological polar surface area (TPSA) is 41.1 Å². The first-order valence-electron chi connectivity index (χ1n) is 6.83. The molecule has 0 aliphatic carbocycles. The maximum absolute atomic E-state index is 11.4. The van der Waals surface area contributed by atoms with E-state index in [0.717, 1.165) is 12.1 Å². The van der Waals surface area contributed by atoms with Crippen LogP contribution in [0.4, 0.5) is 5.69 Å². The first-order chi connectivity index (χ1) is 9.67. The molecule has 1 aromatic heterocycles. The van der Waals surface area contributed by atoms with Crippen LogP contribution in [0, 0.1) is 6.92 Å². The molecule has 0 fully saturated rings. The number of fused-ring (bicyclic) bond motifs is 1. The van der Waals surface area contributed by atoms with Crippen LogP contribution in [0.15, 0.2) is 30.3 Å². The number of amides is 1. The zero-order chi connectivity index (χ0) is 14.1. The third-order valence-corrected chi connectivity index (χ3v) is 4.76. The standard InChI is InChI=1S/C16H18N2OS/c1-10-3-7-14(20-10)16(17-2)12-4-6-13-11(9-12)5-8-15(19)18-13/h3-4,6-7,9,16-17H,5,8H2,1-2H3,(H,18,19). The Morgan fingerprint density at radius 1 is 1.25 bits per heavy atom. The highest BCUT2D eigenvalue weighted by atomic mass is 32.1. The summed E-state index contributed by atoms with van der Waals surface area (Å²) in [6, 6.07) is 10.9. The van der Waals surface area contributed by atoms with Gasteiger partial charge in [0, 0.05) is 21.9 Å². The van der Waals surface area contributed by atoms with E-state index in [9.17, 15) is 4.79 Å². The van der Waals surface area contributed by atoms with Gasteiger partial charge < -0.3 is 10.6 Å². The predicted molar refractivity (Wildman–Crippen MR) is 83.4 cm³/mol. The van der Waals surface area contributed by atoms with Gasteiger partial charge in [0.2, 0.25) is 5.91 Å². The van der Waals surface area contributed by atoms with E-state index in [1.54, 1.807) is 0 Å². The predicted octanol–water partition coefficient (Wildman–Crippen LogP) is 3.25. The summed E-state index contributed by atoms with van der Waals surface area (Å²) in [5, 5.41) is 6.32. The molecule has 2 heterocycles. The van der Waals surface area contributed by atoms with Gasteiger partial charge in [-0.3, -0.25) is 4.79 Å². The summed E-state index contributed by atoms with van der Waals surface area (Å²) in [5.74, 6) is 0.115. The van der Waals surface area contributed by atoms with E-state index < -0.39 is 0 Å². The van der Waals surface area contributed by atoms with Crippen LogP contribution in [-0.4, -0.2) is 13.0 Å². The molecule has 0 spiro atoms. The van der Waals surface area contributed by atoms with Gasteiger partial charge in [-0.25, -0.2) is 0 Å². The van der Waals surface area contributed by atoms with Crippen LogP contribution in [-0.2, 0) is 11.2 Å². The molecule has 1 aliphatic heterocycles. The lowest BCUT2D eigenvalue weighted by Crippen LogP contribution is -2.21. The highest BCUT2D eigenvalue weighted by molar-refractivity contribution is 7.12. The zero-order valence-corrected chi connectivity index (χ0v) is 12.5. The Hall–Kier alpha value is -1.65. The maximum atomic E-state index is 11.4. The van der Waals surface area contributed by atoms with E-state index >= 15 is 0 Å². The minimum Gasteiger partial charge on any atom is -0.326 e. The minimum absolute atomic E-state index is 0.115. The third-order valence-electron chi connectivity index (χ3n) is 3.69. The van der Waals surface area contributed by atoms with Crippen molar-refractivity contribution in [3.05, 3.63) is 51.2 Å². The molecule has 1 amide bonds. The molecule has 0 saturated carbocycles. The number of thiophene rings is 1. The molecule has 1 atom stereocenters. The highest BCUT2D eigenvalue weighted by Crippen LogP contribution is 2.31. The molecule has 2 N–H and O–H groups in total. The molecular weight excluding hydrogens is 268 g/mol. The second-order valence-corrected chi connectivity index (χ2v) is 6.45. The number of hydrogen-bond donors (Lipinski definition) is 2. The molecule has 1 unspecified atom stereocenters. The molecule has 1 aromatic carbocycles. The van der Waals surface area contributed by atoms with Crippen molar-refractivity contribution in [1.29, 1.82) is 0 Å². The van der Waals surface area contributed by atoms with Crippen molar-refractivity contribution in [2.75, 3.05) is 12.4 Å². The van der Waals surface area contributed by atoms with Gasteiger partial charge >= 0.3 is 0 Å². The second-order valence-electron chi connectivity index (χ2n) is 5.13. The molecule has 3 nitrogen and oxygen atoms in total. The average Bonchev–Trinajstić information content (AvgIpc) is 2.86. The first kappa shape index (κ1) is 13.3. The summed E-state index contributed by atoms with van der Waals surface area (Å²) < 4.78 is 0. The van der Waals surface area contributed by atoms with Gasteiger partial charge in [-0.2, -0.15) is 0 Å². The lowest BCUT2D eigenvalue weighted by Gasteiger charge is -2.21. The van der Waals surface area contributed by atoms with Gasteiger partial charge in [0.25, 0.3) is 0 Å². The Morgan fingerprint density at radius 3 is 2.80 bits per heavy atom. The van der Waals surface area contributed by atoms with Gasteiger partial charge in [-0.05, 0) is 49.7 Å². The van der Waals surface area contributed by atoms with E-state index in [0.29, 0.717) is 6.42 Å². The van der Waals surface area contributed by atoms with Crippen LogP contribution >= 0.6 is 11.3 Å². The summed E-state index contributed by atoms with van der Waals surface area (Å²) in [6.45, 7) is 2.13. The van der Waals surface area contributed by atoms with Crippen LogP contribution < -0.4 is 10.6 Å². The molecule has 2 aromatic rings. The molecule has 1 aliphatic rings. The van der Waals surface area contributed by atoms with Gasteiger partial charge in [-0.15, -0.1) is 11.3 Å². The van der Waals surface area contributed by atoms with Crippen LogP contribution in [0.1, 0.15) is 33.3 Å². The van der Waals surface area contributed by atoms with Crippen LogP contribution in [0.3, 0.4) is 0 Å². The monoisotopic (exact) mass is 286 g/mol. The molecule has 0 saturated heterocycles. The zero-order valence-electron chi connectivity index (χ0n) is 11.7. The summed E-state index contributed by atoms with van der Waals surface area (Å²) in [4.78, 5) is 14.1.